The van der Waals surface area contributed by atoms with E-state index in [2.05, 4.69) is 32.1 Å². The maximum atomic E-state index is 10.1. The lowest BCUT2D eigenvalue weighted by Gasteiger charge is -2.10. The number of hydrogen-bond acceptors (Lipinski definition) is 4. The maximum Gasteiger partial charge on any atom is 0.293 e. The fraction of sp³-hybridized carbons (Fsp3) is 0.357. The Morgan fingerprint density at radius 2 is 2.11 bits per heavy atom. The standard InChI is InChI=1S/C14H15N3O2/c18-10-19-9-6-12-15-13(17-16-12)14(7-8-14)11-4-2-1-3-5-11/h1-5,10H,6-9H2,(H,15,16,17). The number of hydrogen-bond donors (Lipinski definition) is 1. The summed E-state index contributed by atoms with van der Waals surface area (Å²) in [5.74, 6) is 1.61. The number of benzene rings is 1. The number of rotatable bonds is 6. The van der Waals surface area contributed by atoms with E-state index >= 15 is 0 Å². The predicted octanol–water partition coefficient (Wildman–Crippen LogP) is 1.60. The molecule has 1 aromatic heterocycles. The van der Waals surface area contributed by atoms with Crippen LogP contribution >= 0.6 is 0 Å². The Balaban J connectivity index is 1.77. The highest BCUT2D eigenvalue weighted by Gasteiger charge is 2.49. The molecular formula is C14H15N3O2. The van der Waals surface area contributed by atoms with Crippen molar-refractivity contribution >= 4 is 6.47 Å². The molecule has 0 atom stereocenters. The van der Waals surface area contributed by atoms with Gasteiger partial charge in [0.15, 0.2) is 5.82 Å². The Kier molecular flexibility index (Phi) is 3.03. The van der Waals surface area contributed by atoms with Crippen LogP contribution in [0.15, 0.2) is 30.3 Å². The van der Waals surface area contributed by atoms with Crippen molar-refractivity contribution in [1.82, 2.24) is 15.2 Å². The van der Waals surface area contributed by atoms with Gasteiger partial charge in [0, 0.05) is 6.42 Å². The van der Waals surface area contributed by atoms with Gasteiger partial charge in [-0.15, -0.1) is 0 Å². The second-order valence-electron chi connectivity index (χ2n) is 4.77. The molecule has 1 aliphatic rings. The number of carbonyl (C=O) groups excluding carboxylic acids is 1. The fourth-order valence-electron chi connectivity index (χ4n) is 2.35. The van der Waals surface area contributed by atoms with Crippen LogP contribution in [0.3, 0.4) is 0 Å². The summed E-state index contributed by atoms with van der Waals surface area (Å²) in [6.45, 7) is 0.778. The van der Waals surface area contributed by atoms with E-state index in [4.69, 9.17) is 0 Å². The van der Waals surface area contributed by atoms with Crippen molar-refractivity contribution in [3.05, 3.63) is 47.5 Å². The van der Waals surface area contributed by atoms with Crippen LogP contribution in [-0.2, 0) is 21.4 Å². The third-order valence-electron chi connectivity index (χ3n) is 3.56. The van der Waals surface area contributed by atoms with Gasteiger partial charge in [0.25, 0.3) is 6.47 Å². The van der Waals surface area contributed by atoms with Gasteiger partial charge in [-0.25, -0.2) is 4.98 Å². The topological polar surface area (TPSA) is 67.9 Å². The first-order chi connectivity index (χ1) is 9.35. The first-order valence-corrected chi connectivity index (χ1v) is 6.38. The average Bonchev–Trinajstić information content (AvgIpc) is 3.14. The molecule has 2 aromatic rings. The molecule has 0 amide bonds. The van der Waals surface area contributed by atoms with Crippen LogP contribution in [-0.4, -0.2) is 28.3 Å². The predicted molar refractivity (Wildman–Crippen MR) is 68.6 cm³/mol. The number of nitrogens with one attached hydrogen (secondary N) is 1. The van der Waals surface area contributed by atoms with Crippen molar-refractivity contribution in [3.63, 3.8) is 0 Å². The highest BCUT2D eigenvalue weighted by molar-refractivity contribution is 5.39. The van der Waals surface area contributed by atoms with Crippen LogP contribution in [0.2, 0.25) is 0 Å². The van der Waals surface area contributed by atoms with Gasteiger partial charge in [0.1, 0.15) is 5.82 Å². The lowest BCUT2D eigenvalue weighted by molar-refractivity contribution is -0.128. The summed E-state index contributed by atoms with van der Waals surface area (Å²) in [5, 5.41) is 7.25. The Hall–Kier alpha value is -2.17. The number of nitrogens with zero attached hydrogens (tertiary/aromatic N) is 2. The van der Waals surface area contributed by atoms with E-state index in [0.717, 1.165) is 24.5 Å². The minimum absolute atomic E-state index is 0.0124. The molecule has 1 fully saturated rings. The molecule has 0 saturated heterocycles. The molecule has 1 aliphatic carbocycles. The maximum absolute atomic E-state index is 10.1. The molecule has 0 unspecified atom stereocenters. The summed E-state index contributed by atoms with van der Waals surface area (Å²) < 4.78 is 4.66. The molecule has 1 heterocycles. The molecule has 19 heavy (non-hydrogen) atoms. The van der Waals surface area contributed by atoms with Gasteiger partial charge in [-0.2, -0.15) is 5.10 Å². The first kappa shape index (κ1) is 11.9. The largest absolute Gasteiger partial charge is 0.467 e. The summed E-state index contributed by atoms with van der Waals surface area (Å²) in [7, 11) is 0. The monoisotopic (exact) mass is 257 g/mol. The molecule has 0 bridgehead atoms. The molecule has 5 nitrogen and oxygen atoms in total. The Morgan fingerprint density at radius 3 is 2.79 bits per heavy atom. The van der Waals surface area contributed by atoms with Gasteiger partial charge < -0.3 is 4.74 Å². The van der Waals surface area contributed by atoms with Crippen LogP contribution in [0.1, 0.15) is 30.1 Å². The fourth-order valence-corrected chi connectivity index (χ4v) is 2.35. The molecule has 1 saturated carbocycles. The lowest BCUT2D eigenvalue weighted by Crippen LogP contribution is -2.11. The molecule has 0 spiro atoms. The molecular weight excluding hydrogens is 242 g/mol. The second kappa shape index (κ2) is 4.84. The third kappa shape index (κ3) is 2.23. The van der Waals surface area contributed by atoms with E-state index in [1.165, 1.54) is 5.56 Å². The summed E-state index contributed by atoms with van der Waals surface area (Å²) in [5.41, 5.74) is 1.26. The van der Waals surface area contributed by atoms with Crippen molar-refractivity contribution in [2.45, 2.75) is 24.7 Å². The van der Waals surface area contributed by atoms with Crippen molar-refractivity contribution < 1.29 is 9.53 Å². The van der Waals surface area contributed by atoms with Gasteiger partial charge in [-0.05, 0) is 18.4 Å². The van der Waals surface area contributed by atoms with Crippen molar-refractivity contribution in [3.8, 4) is 0 Å². The van der Waals surface area contributed by atoms with E-state index < -0.39 is 0 Å². The van der Waals surface area contributed by atoms with E-state index in [-0.39, 0.29) is 5.41 Å². The number of carbonyl (C=O) groups is 1. The number of aromatic amines is 1. The van der Waals surface area contributed by atoms with E-state index in [1.807, 2.05) is 18.2 Å². The molecule has 0 radical (unpaired) electrons. The van der Waals surface area contributed by atoms with Gasteiger partial charge in [0.05, 0.1) is 12.0 Å². The summed E-state index contributed by atoms with van der Waals surface area (Å²) in [6, 6.07) is 10.3. The summed E-state index contributed by atoms with van der Waals surface area (Å²) >= 11 is 0. The van der Waals surface area contributed by atoms with E-state index in [9.17, 15) is 4.79 Å². The molecule has 5 heteroatoms. The average molecular weight is 257 g/mol. The van der Waals surface area contributed by atoms with E-state index in [0.29, 0.717) is 19.5 Å². The lowest BCUT2D eigenvalue weighted by atomic mass is 9.95. The van der Waals surface area contributed by atoms with Gasteiger partial charge in [-0.1, -0.05) is 30.3 Å². The van der Waals surface area contributed by atoms with Crippen LogP contribution < -0.4 is 0 Å². The molecule has 98 valence electrons. The summed E-state index contributed by atoms with van der Waals surface area (Å²) in [4.78, 5) is 14.6. The Bertz CT molecular complexity index is 561. The van der Waals surface area contributed by atoms with Crippen molar-refractivity contribution in [2.24, 2.45) is 0 Å². The first-order valence-electron chi connectivity index (χ1n) is 6.38. The van der Waals surface area contributed by atoms with Crippen molar-refractivity contribution in [1.29, 1.82) is 0 Å². The number of H-pyrrole nitrogens is 1. The van der Waals surface area contributed by atoms with E-state index in [1.54, 1.807) is 0 Å². The Labute approximate surface area is 111 Å². The number of aromatic nitrogens is 3. The third-order valence-corrected chi connectivity index (χ3v) is 3.56. The normalized spacial score (nSPS) is 16.0. The zero-order valence-electron chi connectivity index (χ0n) is 10.5. The van der Waals surface area contributed by atoms with Crippen LogP contribution in [0.25, 0.3) is 0 Å². The second-order valence-corrected chi connectivity index (χ2v) is 4.77. The zero-order chi connectivity index (χ0) is 13.1. The highest BCUT2D eigenvalue weighted by Crippen LogP contribution is 2.51. The van der Waals surface area contributed by atoms with Crippen LogP contribution in [0.5, 0.6) is 0 Å². The minimum Gasteiger partial charge on any atom is -0.467 e. The quantitative estimate of drug-likeness (QED) is 0.630. The summed E-state index contributed by atoms with van der Waals surface area (Å²) in [6.07, 6.45) is 2.73. The van der Waals surface area contributed by atoms with Gasteiger partial charge >= 0.3 is 0 Å². The van der Waals surface area contributed by atoms with Crippen molar-refractivity contribution in [2.75, 3.05) is 6.61 Å². The highest BCUT2D eigenvalue weighted by atomic mass is 16.5. The number of ether oxygens (including phenoxy) is 1. The molecule has 1 aromatic carbocycles. The zero-order valence-corrected chi connectivity index (χ0v) is 10.5. The SMILES string of the molecule is O=COCCc1nc(C2(c3ccccc3)CC2)n[nH]1. The minimum atomic E-state index is -0.0124. The molecule has 1 N–H and O–H groups in total. The van der Waals surface area contributed by atoms with Gasteiger partial charge in [0.2, 0.25) is 0 Å². The van der Waals surface area contributed by atoms with Gasteiger partial charge in [-0.3, -0.25) is 9.89 Å². The van der Waals surface area contributed by atoms with Crippen LogP contribution in [0, 0.1) is 0 Å². The molecule has 3 rings (SSSR count). The Morgan fingerprint density at radius 1 is 1.32 bits per heavy atom. The van der Waals surface area contributed by atoms with Crippen LogP contribution in [0.4, 0.5) is 0 Å². The smallest absolute Gasteiger partial charge is 0.293 e. The molecule has 0 aliphatic heterocycles.